The first-order valence-corrected chi connectivity index (χ1v) is 3.66. The monoisotopic (exact) mass is 157 g/mol. The molecule has 54 valence electrons. The van der Waals surface area contributed by atoms with Crippen molar-refractivity contribution in [3.63, 3.8) is 0 Å². The number of hydrogen-bond acceptors (Lipinski definition) is 3. The molecule has 0 aliphatic heterocycles. The summed E-state index contributed by atoms with van der Waals surface area (Å²) in [5, 5.41) is 3.68. The topological polar surface area (TPSA) is 52.3 Å². The Balaban J connectivity index is 2.35. The summed E-state index contributed by atoms with van der Waals surface area (Å²) in [7, 11) is 0. The van der Waals surface area contributed by atoms with Gasteiger partial charge in [-0.3, -0.25) is 4.79 Å². The normalized spacial score (nSPS) is 9.20. The Bertz CT molecular complexity index is 208. The number of carbonyl (C=O) groups excluding carboxylic acids is 1. The molecule has 0 radical (unpaired) electrons. The third-order valence-electron chi connectivity index (χ3n) is 0.876. The van der Waals surface area contributed by atoms with Gasteiger partial charge in [0.2, 0.25) is 0 Å². The first-order chi connectivity index (χ1) is 4.79. The lowest BCUT2D eigenvalue weighted by molar-refractivity contribution is -0.119. The van der Waals surface area contributed by atoms with Gasteiger partial charge in [0.15, 0.2) is 6.61 Å². The number of ether oxygens (including phenoxy) is 1. The third kappa shape index (κ3) is 2.06. The van der Waals surface area contributed by atoms with Gasteiger partial charge < -0.3 is 10.5 Å². The van der Waals surface area contributed by atoms with Crippen LogP contribution in [-0.4, -0.2) is 12.5 Å². The smallest absolute Gasteiger partial charge is 0.255 e. The minimum Gasteiger partial charge on any atom is -0.483 e. The second-order valence-electron chi connectivity index (χ2n) is 1.71. The number of hydrogen-bond donors (Lipinski definition) is 1. The first-order valence-electron chi connectivity index (χ1n) is 2.72. The summed E-state index contributed by atoms with van der Waals surface area (Å²) in [6.45, 7) is -0.0449. The highest BCUT2D eigenvalue weighted by molar-refractivity contribution is 7.08. The molecule has 4 heteroatoms. The highest BCUT2D eigenvalue weighted by Gasteiger charge is 1.95. The molecule has 2 N–H and O–H groups in total. The van der Waals surface area contributed by atoms with Gasteiger partial charge >= 0.3 is 0 Å². The Morgan fingerprint density at radius 3 is 3.10 bits per heavy atom. The van der Waals surface area contributed by atoms with Crippen LogP contribution >= 0.6 is 11.3 Å². The van der Waals surface area contributed by atoms with Crippen LogP contribution in [0.25, 0.3) is 0 Å². The fourth-order valence-corrected chi connectivity index (χ4v) is 1.06. The maximum Gasteiger partial charge on any atom is 0.255 e. The van der Waals surface area contributed by atoms with Gasteiger partial charge in [0.05, 0.1) is 0 Å². The van der Waals surface area contributed by atoms with Crippen molar-refractivity contribution in [1.29, 1.82) is 0 Å². The van der Waals surface area contributed by atoms with Crippen molar-refractivity contribution in [1.82, 2.24) is 0 Å². The average molecular weight is 157 g/mol. The SMILES string of the molecule is NC(=O)COc1ccsc1. The van der Waals surface area contributed by atoms with E-state index in [2.05, 4.69) is 0 Å². The summed E-state index contributed by atoms with van der Waals surface area (Å²) in [5.41, 5.74) is 4.85. The van der Waals surface area contributed by atoms with E-state index in [0.29, 0.717) is 5.75 Å². The molecule has 0 unspecified atom stereocenters. The van der Waals surface area contributed by atoms with Crippen LogP contribution in [0, 0.1) is 0 Å². The predicted octanol–water partition coefficient (Wildman–Crippen LogP) is 0.612. The highest BCUT2D eigenvalue weighted by atomic mass is 32.1. The molecule has 10 heavy (non-hydrogen) atoms. The molecule has 0 aromatic carbocycles. The largest absolute Gasteiger partial charge is 0.483 e. The molecule has 0 spiro atoms. The highest BCUT2D eigenvalue weighted by Crippen LogP contribution is 2.13. The molecule has 1 rings (SSSR count). The number of carbonyl (C=O) groups is 1. The van der Waals surface area contributed by atoms with E-state index in [1.54, 1.807) is 6.07 Å². The van der Waals surface area contributed by atoms with Crippen LogP contribution in [0.3, 0.4) is 0 Å². The van der Waals surface area contributed by atoms with E-state index in [0.717, 1.165) is 0 Å². The minimum atomic E-state index is -0.453. The maximum absolute atomic E-state index is 10.2. The van der Waals surface area contributed by atoms with Crippen molar-refractivity contribution >= 4 is 17.2 Å². The van der Waals surface area contributed by atoms with Gasteiger partial charge in [-0.15, -0.1) is 11.3 Å². The van der Waals surface area contributed by atoms with Gasteiger partial charge in [-0.05, 0) is 11.4 Å². The zero-order chi connectivity index (χ0) is 7.40. The molecule has 1 heterocycles. The lowest BCUT2D eigenvalue weighted by atomic mass is 10.6. The average Bonchev–Trinajstić information content (AvgIpc) is 2.34. The van der Waals surface area contributed by atoms with Crippen LogP contribution in [-0.2, 0) is 4.79 Å². The Kier molecular flexibility index (Phi) is 2.28. The summed E-state index contributed by atoms with van der Waals surface area (Å²) in [6.07, 6.45) is 0. The molecule has 0 bridgehead atoms. The molecular formula is C6H7NO2S. The first kappa shape index (κ1) is 7.08. The van der Waals surface area contributed by atoms with Crippen LogP contribution in [0.1, 0.15) is 0 Å². The van der Waals surface area contributed by atoms with Gasteiger partial charge in [-0.2, -0.15) is 0 Å². The Morgan fingerprint density at radius 2 is 2.60 bits per heavy atom. The van der Waals surface area contributed by atoms with E-state index < -0.39 is 5.91 Å². The van der Waals surface area contributed by atoms with Crippen LogP contribution in [0.2, 0.25) is 0 Å². The zero-order valence-corrected chi connectivity index (χ0v) is 6.06. The van der Waals surface area contributed by atoms with Crippen molar-refractivity contribution in [3.8, 4) is 5.75 Å². The van der Waals surface area contributed by atoms with Crippen LogP contribution < -0.4 is 10.5 Å². The van der Waals surface area contributed by atoms with Crippen LogP contribution in [0.15, 0.2) is 16.8 Å². The number of rotatable bonds is 3. The Hall–Kier alpha value is -1.03. The Morgan fingerprint density at radius 1 is 1.80 bits per heavy atom. The second-order valence-corrected chi connectivity index (χ2v) is 2.49. The summed E-state index contributed by atoms with van der Waals surface area (Å²) in [5.74, 6) is 0.245. The molecule has 0 saturated heterocycles. The van der Waals surface area contributed by atoms with E-state index in [-0.39, 0.29) is 6.61 Å². The van der Waals surface area contributed by atoms with Crippen molar-refractivity contribution in [2.24, 2.45) is 5.73 Å². The molecule has 0 saturated carbocycles. The number of thiophene rings is 1. The van der Waals surface area contributed by atoms with Gasteiger partial charge in [0, 0.05) is 5.38 Å². The van der Waals surface area contributed by atoms with Crippen molar-refractivity contribution in [2.75, 3.05) is 6.61 Å². The summed E-state index contributed by atoms with van der Waals surface area (Å²) >= 11 is 1.51. The van der Waals surface area contributed by atoms with Crippen LogP contribution in [0.4, 0.5) is 0 Å². The van der Waals surface area contributed by atoms with E-state index >= 15 is 0 Å². The van der Waals surface area contributed by atoms with E-state index in [9.17, 15) is 4.79 Å². The molecule has 1 aromatic rings. The lowest BCUT2D eigenvalue weighted by Crippen LogP contribution is -2.19. The minimum absolute atomic E-state index is 0.0449. The number of primary amides is 1. The molecule has 0 fully saturated rings. The predicted molar refractivity (Wildman–Crippen MR) is 39.0 cm³/mol. The zero-order valence-electron chi connectivity index (χ0n) is 5.24. The molecule has 1 aromatic heterocycles. The number of amides is 1. The van der Waals surface area contributed by atoms with Gasteiger partial charge in [-0.25, -0.2) is 0 Å². The summed E-state index contributed by atoms with van der Waals surface area (Å²) in [6, 6.07) is 1.79. The quantitative estimate of drug-likeness (QED) is 0.699. The molecule has 0 aliphatic rings. The van der Waals surface area contributed by atoms with E-state index in [1.165, 1.54) is 11.3 Å². The van der Waals surface area contributed by atoms with E-state index in [1.807, 2.05) is 10.8 Å². The second kappa shape index (κ2) is 3.22. The number of nitrogens with two attached hydrogens (primary N) is 1. The van der Waals surface area contributed by atoms with Gasteiger partial charge in [0.1, 0.15) is 5.75 Å². The van der Waals surface area contributed by atoms with Crippen molar-refractivity contribution in [2.45, 2.75) is 0 Å². The molecular weight excluding hydrogens is 150 g/mol. The lowest BCUT2D eigenvalue weighted by Gasteiger charge is -1.97. The molecule has 0 aliphatic carbocycles. The standard InChI is InChI=1S/C6H7NO2S/c7-6(8)3-9-5-1-2-10-4-5/h1-2,4H,3H2,(H2,7,8). The third-order valence-corrected chi connectivity index (χ3v) is 1.54. The van der Waals surface area contributed by atoms with Crippen molar-refractivity contribution in [3.05, 3.63) is 16.8 Å². The van der Waals surface area contributed by atoms with Crippen molar-refractivity contribution < 1.29 is 9.53 Å². The molecule has 1 amide bonds. The van der Waals surface area contributed by atoms with Crippen LogP contribution in [0.5, 0.6) is 5.75 Å². The molecule has 3 nitrogen and oxygen atoms in total. The summed E-state index contributed by atoms with van der Waals surface area (Å²) < 4.78 is 4.94. The van der Waals surface area contributed by atoms with Gasteiger partial charge in [0.25, 0.3) is 5.91 Å². The maximum atomic E-state index is 10.2. The van der Waals surface area contributed by atoms with Gasteiger partial charge in [-0.1, -0.05) is 0 Å². The fourth-order valence-electron chi connectivity index (χ4n) is 0.489. The Labute approximate surface area is 62.4 Å². The fraction of sp³-hybridized carbons (Fsp3) is 0.167. The molecule has 0 atom stereocenters. The summed E-state index contributed by atoms with van der Waals surface area (Å²) in [4.78, 5) is 10.2. The van der Waals surface area contributed by atoms with E-state index in [4.69, 9.17) is 10.5 Å².